The summed E-state index contributed by atoms with van der Waals surface area (Å²) >= 11 is 0. The van der Waals surface area contributed by atoms with E-state index in [4.69, 9.17) is 0 Å². The highest BCUT2D eigenvalue weighted by molar-refractivity contribution is 6.10. The lowest BCUT2D eigenvalue weighted by molar-refractivity contribution is -0.124. The third-order valence-corrected chi connectivity index (χ3v) is 3.74. The largest absolute Gasteiger partial charge is 0.395 e. The first-order valence-corrected chi connectivity index (χ1v) is 5.81. The van der Waals surface area contributed by atoms with Crippen molar-refractivity contribution in [3.8, 4) is 0 Å². The minimum Gasteiger partial charge on any atom is -0.395 e. The van der Waals surface area contributed by atoms with Gasteiger partial charge in [0.25, 0.3) is 0 Å². The molecule has 1 atom stereocenters. The van der Waals surface area contributed by atoms with Gasteiger partial charge < -0.3 is 5.11 Å². The number of aryl methyl sites for hydroxylation is 1. The van der Waals surface area contributed by atoms with Gasteiger partial charge in [0, 0.05) is 17.4 Å². The number of hydrogen-bond acceptors (Lipinski definition) is 3. The molecule has 1 aliphatic carbocycles. The van der Waals surface area contributed by atoms with Gasteiger partial charge in [-0.2, -0.15) is 5.10 Å². The van der Waals surface area contributed by atoms with E-state index in [1.165, 1.54) is 5.56 Å². The van der Waals surface area contributed by atoms with Gasteiger partial charge in [0.15, 0.2) is 0 Å². The van der Waals surface area contributed by atoms with Crippen LogP contribution in [0.2, 0.25) is 0 Å². The Kier molecular flexibility index (Phi) is 2.26. The van der Waals surface area contributed by atoms with Gasteiger partial charge in [-0.25, -0.2) is 5.43 Å². The Bertz CT molecular complexity index is 510. The molecule has 0 saturated heterocycles. The molecule has 0 aromatic heterocycles. The van der Waals surface area contributed by atoms with E-state index >= 15 is 0 Å². The van der Waals surface area contributed by atoms with Crippen LogP contribution in [0.4, 0.5) is 0 Å². The summed E-state index contributed by atoms with van der Waals surface area (Å²) in [6.45, 7) is -0.0203. The molecule has 17 heavy (non-hydrogen) atoms. The van der Waals surface area contributed by atoms with Crippen molar-refractivity contribution < 1.29 is 9.90 Å². The van der Waals surface area contributed by atoms with Crippen molar-refractivity contribution in [3.05, 3.63) is 35.4 Å². The van der Waals surface area contributed by atoms with Crippen LogP contribution in [0, 0.1) is 5.41 Å². The van der Waals surface area contributed by atoms with Gasteiger partial charge in [-0.3, -0.25) is 4.79 Å². The standard InChI is InChI=1S/C13H14N2O2/c16-8-13-6-5-9-3-1-2-4-10(9)12(13)15-14-11(17)7-13/h1-4,16H,5-8H2,(H,14,17). The highest BCUT2D eigenvalue weighted by Gasteiger charge is 2.44. The molecule has 4 heteroatoms. The first-order valence-electron chi connectivity index (χ1n) is 5.81. The Morgan fingerprint density at radius 3 is 3.06 bits per heavy atom. The van der Waals surface area contributed by atoms with Crippen molar-refractivity contribution in [2.24, 2.45) is 10.5 Å². The molecule has 1 aromatic rings. The number of benzene rings is 1. The number of nitrogens with zero attached hydrogens (tertiary/aromatic N) is 1. The third-order valence-electron chi connectivity index (χ3n) is 3.74. The van der Waals surface area contributed by atoms with Crippen LogP contribution in [0.1, 0.15) is 24.0 Å². The minimum absolute atomic E-state index is 0.0203. The lowest BCUT2D eigenvalue weighted by Gasteiger charge is -2.39. The van der Waals surface area contributed by atoms with Gasteiger partial charge >= 0.3 is 0 Å². The van der Waals surface area contributed by atoms with E-state index in [1.54, 1.807) is 0 Å². The van der Waals surface area contributed by atoms with Crippen LogP contribution in [-0.2, 0) is 11.2 Å². The molecular formula is C13H14N2O2. The maximum atomic E-state index is 11.5. The first-order chi connectivity index (χ1) is 8.25. The molecule has 0 bridgehead atoms. The molecule has 3 rings (SSSR count). The lowest BCUT2D eigenvalue weighted by Crippen LogP contribution is -2.47. The number of hydrazone groups is 1. The van der Waals surface area contributed by atoms with Gasteiger partial charge in [0.05, 0.1) is 12.3 Å². The van der Waals surface area contributed by atoms with Crippen molar-refractivity contribution >= 4 is 11.6 Å². The number of nitrogens with one attached hydrogen (secondary N) is 1. The lowest BCUT2D eigenvalue weighted by atomic mass is 9.68. The summed E-state index contributed by atoms with van der Waals surface area (Å²) in [7, 11) is 0. The highest BCUT2D eigenvalue weighted by atomic mass is 16.3. The average Bonchev–Trinajstić information content (AvgIpc) is 2.38. The fourth-order valence-corrected chi connectivity index (χ4v) is 2.77. The summed E-state index contributed by atoms with van der Waals surface area (Å²) in [5.74, 6) is -0.109. The molecular weight excluding hydrogens is 216 g/mol. The highest BCUT2D eigenvalue weighted by Crippen LogP contribution is 2.39. The van der Waals surface area contributed by atoms with E-state index in [0.29, 0.717) is 6.42 Å². The van der Waals surface area contributed by atoms with E-state index in [9.17, 15) is 9.90 Å². The first kappa shape index (κ1) is 10.5. The van der Waals surface area contributed by atoms with E-state index in [0.717, 1.165) is 24.1 Å². The number of carbonyl (C=O) groups is 1. The molecule has 2 N–H and O–H groups in total. The van der Waals surface area contributed by atoms with E-state index in [1.807, 2.05) is 18.2 Å². The third kappa shape index (κ3) is 1.48. The van der Waals surface area contributed by atoms with Crippen molar-refractivity contribution in [2.75, 3.05) is 6.61 Å². The number of hydrogen-bond donors (Lipinski definition) is 2. The predicted octanol–water partition coefficient (Wildman–Crippen LogP) is 0.835. The van der Waals surface area contributed by atoms with E-state index < -0.39 is 5.41 Å². The van der Waals surface area contributed by atoms with Crippen LogP contribution >= 0.6 is 0 Å². The smallest absolute Gasteiger partial charge is 0.241 e. The second-order valence-electron chi connectivity index (χ2n) is 4.77. The predicted molar refractivity (Wildman–Crippen MR) is 63.6 cm³/mol. The van der Waals surface area contributed by atoms with Gasteiger partial charge in [0.1, 0.15) is 0 Å². The van der Waals surface area contributed by atoms with E-state index in [2.05, 4.69) is 16.6 Å². The molecule has 0 spiro atoms. The number of fused-ring (bicyclic) bond motifs is 3. The number of amides is 1. The quantitative estimate of drug-likeness (QED) is 0.750. The van der Waals surface area contributed by atoms with Crippen molar-refractivity contribution in [1.29, 1.82) is 0 Å². The van der Waals surface area contributed by atoms with Gasteiger partial charge in [-0.15, -0.1) is 0 Å². The molecule has 88 valence electrons. The minimum atomic E-state index is -0.476. The van der Waals surface area contributed by atoms with Crippen molar-refractivity contribution in [3.63, 3.8) is 0 Å². The monoisotopic (exact) mass is 230 g/mol. The average molecular weight is 230 g/mol. The summed E-state index contributed by atoms with van der Waals surface area (Å²) in [6.07, 6.45) is 2.01. The molecule has 0 fully saturated rings. The fourth-order valence-electron chi connectivity index (χ4n) is 2.77. The molecule has 0 saturated carbocycles. The molecule has 2 aliphatic rings. The van der Waals surface area contributed by atoms with Crippen LogP contribution in [0.25, 0.3) is 0 Å². The molecule has 0 radical (unpaired) electrons. The van der Waals surface area contributed by atoms with Crippen LogP contribution in [0.5, 0.6) is 0 Å². The van der Waals surface area contributed by atoms with Crippen LogP contribution in [0.3, 0.4) is 0 Å². The van der Waals surface area contributed by atoms with E-state index in [-0.39, 0.29) is 12.5 Å². The second-order valence-corrected chi connectivity index (χ2v) is 4.77. The summed E-state index contributed by atoms with van der Waals surface area (Å²) in [4.78, 5) is 11.5. The Labute approximate surface area is 99.3 Å². The Balaban J connectivity index is 2.16. The molecule has 1 amide bonds. The number of carbonyl (C=O) groups excluding carboxylic acids is 1. The zero-order chi connectivity index (χ0) is 11.9. The Morgan fingerprint density at radius 2 is 2.24 bits per heavy atom. The Hall–Kier alpha value is -1.68. The van der Waals surface area contributed by atoms with Crippen molar-refractivity contribution in [2.45, 2.75) is 19.3 Å². The van der Waals surface area contributed by atoms with Gasteiger partial charge in [-0.05, 0) is 18.4 Å². The number of aliphatic hydroxyl groups excluding tert-OH is 1. The van der Waals surface area contributed by atoms with Crippen molar-refractivity contribution in [1.82, 2.24) is 5.43 Å². The summed E-state index contributed by atoms with van der Waals surface area (Å²) in [5, 5.41) is 13.8. The maximum Gasteiger partial charge on any atom is 0.241 e. The normalized spacial score (nSPS) is 26.6. The Morgan fingerprint density at radius 1 is 1.41 bits per heavy atom. The van der Waals surface area contributed by atoms with Gasteiger partial charge in [0.2, 0.25) is 5.91 Å². The van der Waals surface area contributed by atoms with Crippen LogP contribution in [0.15, 0.2) is 29.4 Å². The molecule has 1 unspecified atom stereocenters. The van der Waals surface area contributed by atoms with Crippen LogP contribution in [-0.4, -0.2) is 23.3 Å². The summed E-state index contributed by atoms with van der Waals surface area (Å²) in [6, 6.07) is 8.06. The number of rotatable bonds is 1. The molecule has 1 heterocycles. The zero-order valence-electron chi connectivity index (χ0n) is 9.44. The maximum absolute atomic E-state index is 11.5. The SMILES string of the molecule is O=C1CC2(CO)CCc3ccccc3C2=NN1. The molecule has 1 aliphatic heterocycles. The number of aliphatic hydroxyl groups is 1. The summed E-state index contributed by atoms with van der Waals surface area (Å²) < 4.78 is 0. The second kappa shape index (κ2) is 3.67. The van der Waals surface area contributed by atoms with Gasteiger partial charge in [-0.1, -0.05) is 24.3 Å². The van der Waals surface area contributed by atoms with Crippen LogP contribution < -0.4 is 5.43 Å². The topological polar surface area (TPSA) is 61.7 Å². The molecule has 4 nitrogen and oxygen atoms in total. The fraction of sp³-hybridized carbons (Fsp3) is 0.385. The zero-order valence-corrected chi connectivity index (χ0v) is 9.44. The molecule has 1 aromatic carbocycles. The summed E-state index contributed by atoms with van der Waals surface area (Å²) in [5.41, 5.74) is 5.18.